The summed E-state index contributed by atoms with van der Waals surface area (Å²) in [6.07, 6.45) is -1.02. The Hall–Kier alpha value is -3.60. The molecule has 0 aliphatic carbocycles. The van der Waals surface area contributed by atoms with Crippen LogP contribution in [0.5, 0.6) is 0 Å². The molecular weight excluding hydrogens is 474 g/mol. The van der Waals surface area contributed by atoms with Crippen molar-refractivity contribution in [3.63, 3.8) is 0 Å². The van der Waals surface area contributed by atoms with E-state index in [1.165, 1.54) is 36.5 Å². The first-order chi connectivity index (χ1) is 17.7. The zero-order valence-corrected chi connectivity index (χ0v) is 21.9. The summed E-state index contributed by atoms with van der Waals surface area (Å²) < 4.78 is 5.39. The lowest BCUT2D eigenvalue weighted by atomic mass is 10.1. The Balaban J connectivity index is 0.000000602. The summed E-state index contributed by atoms with van der Waals surface area (Å²) in [6.45, 7) is 8.80. The molecule has 0 saturated carbocycles. The van der Waals surface area contributed by atoms with Crippen LogP contribution >= 0.6 is 0 Å². The second-order valence-electron chi connectivity index (χ2n) is 8.53. The van der Waals surface area contributed by atoms with Crippen molar-refractivity contribution in [1.82, 2.24) is 4.90 Å². The molecule has 2 fully saturated rings. The molecule has 37 heavy (non-hydrogen) atoms. The van der Waals surface area contributed by atoms with Crippen molar-refractivity contribution in [2.75, 3.05) is 43.5 Å². The fourth-order valence-electron chi connectivity index (χ4n) is 3.62. The Morgan fingerprint density at radius 1 is 1.19 bits per heavy atom. The molecule has 10 heteroatoms. The third kappa shape index (κ3) is 7.94. The van der Waals surface area contributed by atoms with Gasteiger partial charge in [0.2, 0.25) is 0 Å². The van der Waals surface area contributed by atoms with Crippen LogP contribution < -0.4 is 16.0 Å². The van der Waals surface area contributed by atoms with Gasteiger partial charge in [-0.2, -0.15) is 0 Å². The standard InChI is InChI=1S/C21H22N4O5.C4H9N.C2H6/c1-12-2-3-13(11-26)10-16(12)25-8-9-30-18(21(25)29)17(27)20(28)24-15-6-4-14(5-7-15)19(22)23;1-5-3-2-4-5;1-2/h2-7,10-11,17-18,27H,8-9H2,1H3,(H3,22,23)(H,24,28);2-4H2,1H3;1-2H3/t17-,18-;;/m1../s1. The number of anilines is 2. The number of carbonyl (C=O) groups excluding carboxylic acids is 3. The fourth-order valence-corrected chi connectivity index (χ4v) is 3.62. The number of likely N-dealkylation sites (tertiary alicyclic amines) is 1. The Bertz CT molecular complexity index is 1090. The van der Waals surface area contributed by atoms with Gasteiger partial charge in [-0.3, -0.25) is 19.8 Å². The number of nitrogen functional groups attached to an aromatic ring is 1. The van der Waals surface area contributed by atoms with Crippen LogP contribution in [0.1, 0.15) is 41.8 Å². The summed E-state index contributed by atoms with van der Waals surface area (Å²) in [5.74, 6) is -1.48. The van der Waals surface area contributed by atoms with Crippen LogP contribution in [-0.2, 0) is 14.3 Å². The minimum absolute atomic E-state index is 0.108. The third-order valence-corrected chi connectivity index (χ3v) is 5.88. The van der Waals surface area contributed by atoms with Crippen molar-refractivity contribution < 1.29 is 24.2 Å². The highest BCUT2D eigenvalue weighted by molar-refractivity contribution is 6.04. The van der Waals surface area contributed by atoms with Gasteiger partial charge in [0.15, 0.2) is 12.2 Å². The first-order valence-corrected chi connectivity index (χ1v) is 12.3. The Morgan fingerprint density at radius 3 is 2.32 bits per heavy atom. The molecule has 4 rings (SSSR count). The van der Waals surface area contributed by atoms with Crippen molar-refractivity contribution in [2.24, 2.45) is 5.73 Å². The summed E-state index contributed by atoms with van der Waals surface area (Å²) in [5, 5.41) is 20.3. The number of ether oxygens (including phenoxy) is 1. The minimum atomic E-state index is -1.73. The number of amidine groups is 1. The van der Waals surface area contributed by atoms with E-state index in [4.69, 9.17) is 15.9 Å². The molecule has 2 atom stereocenters. The highest BCUT2D eigenvalue weighted by Gasteiger charge is 2.39. The molecule has 10 nitrogen and oxygen atoms in total. The normalized spacial score (nSPS) is 17.7. The maximum atomic E-state index is 12.9. The molecule has 0 spiro atoms. The zero-order valence-electron chi connectivity index (χ0n) is 21.9. The number of nitrogens with two attached hydrogens (primary N) is 1. The molecule has 0 radical (unpaired) electrons. The number of hydrogen-bond acceptors (Lipinski definition) is 7. The third-order valence-electron chi connectivity index (χ3n) is 5.88. The molecule has 2 aliphatic heterocycles. The second-order valence-corrected chi connectivity index (χ2v) is 8.53. The van der Waals surface area contributed by atoms with Gasteiger partial charge >= 0.3 is 0 Å². The topological polar surface area (TPSA) is 149 Å². The van der Waals surface area contributed by atoms with Crippen LogP contribution in [0.25, 0.3) is 0 Å². The summed E-state index contributed by atoms with van der Waals surface area (Å²) in [5.41, 5.74) is 7.98. The van der Waals surface area contributed by atoms with Crippen LogP contribution in [0.2, 0.25) is 0 Å². The summed E-state index contributed by atoms with van der Waals surface area (Å²) >= 11 is 0. The number of amides is 2. The molecule has 2 heterocycles. The van der Waals surface area contributed by atoms with E-state index >= 15 is 0 Å². The molecule has 5 N–H and O–H groups in total. The summed E-state index contributed by atoms with van der Waals surface area (Å²) in [4.78, 5) is 40.2. The molecule has 2 aromatic carbocycles. The number of morpholine rings is 1. The maximum Gasteiger partial charge on any atom is 0.259 e. The smallest absolute Gasteiger partial charge is 0.259 e. The molecule has 2 aliphatic rings. The number of nitrogens with zero attached hydrogens (tertiary/aromatic N) is 2. The van der Waals surface area contributed by atoms with E-state index in [1.54, 1.807) is 37.3 Å². The van der Waals surface area contributed by atoms with E-state index in [0.29, 0.717) is 28.8 Å². The number of nitrogens with one attached hydrogen (secondary N) is 2. The lowest BCUT2D eigenvalue weighted by Crippen LogP contribution is -2.55. The van der Waals surface area contributed by atoms with Crippen LogP contribution in [0.3, 0.4) is 0 Å². The molecule has 0 unspecified atom stereocenters. The number of aldehydes is 1. The Kier molecular flexibility index (Phi) is 11.4. The quantitative estimate of drug-likeness (QED) is 0.264. The number of hydrogen-bond donors (Lipinski definition) is 4. The number of aliphatic hydroxyl groups is 1. The zero-order chi connectivity index (χ0) is 27.5. The van der Waals surface area contributed by atoms with Crippen molar-refractivity contribution in [1.29, 1.82) is 5.41 Å². The first-order valence-electron chi connectivity index (χ1n) is 12.3. The van der Waals surface area contributed by atoms with E-state index in [-0.39, 0.29) is 19.0 Å². The highest BCUT2D eigenvalue weighted by atomic mass is 16.5. The van der Waals surface area contributed by atoms with Gasteiger partial charge in [0.25, 0.3) is 11.8 Å². The van der Waals surface area contributed by atoms with E-state index in [9.17, 15) is 19.5 Å². The van der Waals surface area contributed by atoms with Crippen molar-refractivity contribution in [3.8, 4) is 0 Å². The molecule has 0 bridgehead atoms. The van der Waals surface area contributed by atoms with Crippen molar-refractivity contribution in [3.05, 3.63) is 59.2 Å². The number of aliphatic hydroxyl groups excluding tert-OH is 1. The highest BCUT2D eigenvalue weighted by Crippen LogP contribution is 2.25. The van der Waals surface area contributed by atoms with Gasteiger partial charge in [-0.1, -0.05) is 26.0 Å². The van der Waals surface area contributed by atoms with E-state index in [0.717, 1.165) is 5.56 Å². The minimum Gasteiger partial charge on any atom is -0.384 e. The average Bonchev–Trinajstić information content (AvgIpc) is 2.89. The van der Waals surface area contributed by atoms with Crippen molar-refractivity contribution in [2.45, 2.75) is 39.4 Å². The van der Waals surface area contributed by atoms with Gasteiger partial charge < -0.3 is 30.7 Å². The second kappa shape index (κ2) is 14.2. The van der Waals surface area contributed by atoms with Gasteiger partial charge in [-0.25, -0.2) is 0 Å². The predicted octanol–water partition coefficient (Wildman–Crippen LogP) is 2.17. The largest absolute Gasteiger partial charge is 0.384 e. The summed E-state index contributed by atoms with van der Waals surface area (Å²) in [7, 11) is 2.14. The van der Waals surface area contributed by atoms with Crippen LogP contribution in [-0.4, -0.2) is 79.4 Å². The lowest BCUT2D eigenvalue weighted by molar-refractivity contribution is -0.150. The van der Waals surface area contributed by atoms with Gasteiger partial charge in [0.1, 0.15) is 12.1 Å². The maximum absolute atomic E-state index is 12.9. The van der Waals surface area contributed by atoms with E-state index in [2.05, 4.69) is 17.3 Å². The van der Waals surface area contributed by atoms with E-state index in [1.807, 2.05) is 13.8 Å². The van der Waals surface area contributed by atoms with Gasteiger partial charge in [0.05, 0.1) is 6.61 Å². The first kappa shape index (κ1) is 29.6. The predicted molar refractivity (Wildman–Crippen MR) is 144 cm³/mol. The SMILES string of the molecule is CC.CN1CCC1.Cc1ccc(C=O)cc1N1CCO[C@H]([C@@H](O)C(=O)Nc2ccc(C(=N)N)cc2)C1=O. The van der Waals surface area contributed by atoms with E-state index < -0.39 is 24.0 Å². The Labute approximate surface area is 217 Å². The molecule has 2 amide bonds. The van der Waals surface area contributed by atoms with Gasteiger partial charge in [0, 0.05) is 29.0 Å². The number of benzene rings is 2. The molecule has 200 valence electrons. The number of rotatable bonds is 6. The Morgan fingerprint density at radius 2 is 1.81 bits per heavy atom. The number of aryl methyl sites for hydroxylation is 1. The molecular formula is C27H37N5O5. The van der Waals surface area contributed by atoms with Gasteiger partial charge in [-0.15, -0.1) is 0 Å². The van der Waals surface area contributed by atoms with Crippen LogP contribution in [0, 0.1) is 12.3 Å². The monoisotopic (exact) mass is 511 g/mol. The lowest BCUT2D eigenvalue weighted by Gasteiger charge is -2.35. The van der Waals surface area contributed by atoms with Gasteiger partial charge in [-0.05, 0) is 69.4 Å². The fraction of sp³-hybridized carbons (Fsp3) is 0.407. The van der Waals surface area contributed by atoms with Crippen LogP contribution in [0.15, 0.2) is 42.5 Å². The number of carbonyl (C=O) groups is 3. The molecule has 2 aromatic rings. The van der Waals surface area contributed by atoms with Crippen molar-refractivity contribution >= 4 is 35.3 Å². The average molecular weight is 512 g/mol. The molecule has 0 aromatic heterocycles. The van der Waals surface area contributed by atoms with Crippen LogP contribution in [0.4, 0.5) is 11.4 Å². The summed E-state index contributed by atoms with van der Waals surface area (Å²) in [6, 6.07) is 11.1. The molecule has 2 saturated heterocycles.